The Morgan fingerprint density at radius 1 is 1.09 bits per heavy atom. The van der Waals surface area contributed by atoms with Gasteiger partial charge in [-0.15, -0.1) is 11.3 Å². The number of hydrogen-bond acceptors (Lipinski definition) is 5. The Bertz CT molecular complexity index is 1140. The molecule has 7 heteroatoms. The highest BCUT2D eigenvalue weighted by atomic mass is 35.5. The van der Waals surface area contributed by atoms with E-state index < -0.39 is 0 Å². The molecule has 7 rings (SSSR count). The highest BCUT2D eigenvalue weighted by Gasteiger charge is 2.50. The number of thiazole rings is 1. The molecule has 2 bridgehead atoms. The zero-order valence-electron chi connectivity index (χ0n) is 18.8. The van der Waals surface area contributed by atoms with Gasteiger partial charge in [0.25, 0.3) is 0 Å². The van der Waals surface area contributed by atoms with Crippen molar-refractivity contribution >= 4 is 34.5 Å². The Labute approximate surface area is 208 Å². The quantitative estimate of drug-likeness (QED) is 0.327. The average Bonchev–Trinajstić information content (AvgIpc) is 3.44. The molecule has 33 heavy (non-hydrogen) atoms. The van der Waals surface area contributed by atoms with Crippen molar-refractivity contribution in [2.24, 2.45) is 5.41 Å². The first-order chi connectivity index (χ1) is 16.0. The van der Waals surface area contributed by atoms with Gasteiger partial charge in [-0.25, -0.2) is 4.98 Å². The fourth-order valence-electron chi connectivity index (χ4n) is 5.82. The van der Waals surface area contributed by atoms with E-state index in [9.17, 15) is 0 Å². The maximum atomic E-state index is 6.50. The maximum absolute atomic E-state index is 6.50. The first-order valence-electron chi connectivity index (χ1n) is 11.9. The Morgan fingerprint density at radius 3 is 2.39 bits per heavy atom. The van der Waals surface area contributed by atoms with Gasteiger partial charge in [-0.05, 0) is 75.8 Å². The van der Waals surface area contributed by atoms with Crippen LogP contribution in [-0.2, 0) is 16.8 Å². The summed E-state index contributed by atoms with van der Waals surface area (Å²) in [5, 5.41) is 9.13. The normalized spacial score (nSPS) is 26.8. The number of benzene rings is 1. The summed E-state index contributed by atoms with van der Waals surface area (Å²) in [6, 6.07) is 5.54. The Hall–Kier alpha value is -1.40. The molecule has 0 radical (unpaired) electrons. The van der Waals surface area contributed by atoms with Gasteiger partial charge < -0.3 is 9.26 Å². The molecule has 0 saturated heterocycles. The van der Waals surface area contributed by atoms with Crippen LogP contribution >= 0.6 is 34.5 Å². The molecule has 4 fully saturated rings. The van der Waals surface area contributed by atoms with Crippen molar-refractivity contribution in [3.8, 4) is 11.3 Å². The molecule has 0 aliphatic heterocycles. The summed E-state index contributed by atoms with van der Waals surface area (Å²) in [7, 11) is 0. The molecular formula is C26H28Cl2N2O2S. The van der Waals surface area contributed by atoms with E-state index in [1.54, 1.807) is 0 Å². The molecule has 2 aromatic heterocycles. The molecular weight excluding hydrogens is 475 g/mol. The third-order valence-electron chi connectivity index (χ3n) is 8.10. The Balaban J connectivity index is 1.18. The number of halogens is 2. The monoisotopic (exact) mass is 502 g/mol. The van der Waals surface area contributed by atoms with Crippen molar-refractivity contribution in [3.05, 3.63) is 55.6 Å². The minimum absolute atomic E-state index is 0.285. The van der Waals surface area contributed by atoms with Gasteiger partial charge in [-0.1, -0.05) is 34.4 Å². The largest absolute Gasteiger partial charge is 0.376 e. The zero-order valence-corrected chi connectivity index (χ0v) is 21.2. The van der Waals surface area contributed by atoms with E-state index in [2.05, 4.69) is 17.5 Å². The Kier molecular flexibility index (Phi) is 5.60. The summed E-state index contributed by atoms with van der Waals surface area (Å²) in [6.07, 6.45) is 9.61. The van der Waals surface area contributed by atoms with Crippen LogP contribution in [0.1, 0.15) is 79.3 Å². The minimum Gasteiger partial charge on any atom is -0.376 e. The minimum atomic E-state index is 0.285. The van der Waals surface area contributed by atoms with E-state index in [4.69, 9.17) is 37.4 Å². The molecule has 174 valence electrons. The lowest BCUT2D eigenvalue weighted by molar-refractivity contribution is -0.0434. The van der Waals surface area contributed by atoms with Gasteiger partial charge in [0.15, 0.2) is 0 Å². The molecule has 0 atom stereocenters. The number of aryl methyl sites for hydroxylation is 1. The van der Waals surface area contributed by atoms with Gasteiger partial charge in [0.05, 0.1) is 28.3 Å². The topological polar surface area (TPSA) is 48.2 Å². The standard InChI is InChI=1S/C26H28Cl2N2O2S/c1-16-14-33-24(29-16)26-10-7-25(8-11-26,9-12-26)15-31-13-18-22(30-32-23(18)17-5-6-17)21-19(27)3-2-4-20(21)28/h2-4,14,17H,5-13,15H2,1H3. The molecule has 0 spiro atoms. The second kappa shape index (κ2) is 8.37. The van der Waals surface area contributed by atoms with Crippen LogP contribution in [0.25, 0.3) is 11.3 Å². The second-order valence-corrected chi connectivity index (χ2v) is 12.0. The summed E-state index contributed by atoms with van der Waals surface area (Å²) in [5.41, 5.74) is 4.24. The van der Waals surface area contributed by atoms with Crippen LogP contribution in [-0.4, -0.2) is 16.7 Å². The van der Waals surface area contributed by atoms with E-state index in [1.807, 2.05) is 29.5 Å². The first-order valence-corrected chi connectivity index (χ1v) is 13.6. The molecule has 0 unspecified atom stereocenters. The SMILES string of the molecule is Cc1csc(C23CCC(COCc4c(-c5c(Cl)cccc5Cl)noc4C4CC4)(CC2)CC3)n1. The summed E-state index contributed by atoms with van der Waals surface area (Å²) < 4.78 is 12.2. The third-order valence-corrected chi connectivity index (χ3v) is 9.93. The summed E-state index contributed by atoms with van der Waals surface area (Å²) >= 11 is 14.8. The van der Waals surface area contributed by atoms with Crippen LogP contribution in [0, 0.1) is 12.3 Å². The lowest BCUT2D eigenvalue weighted by Crippen LogP contribution is -2.46. The Morgan fingerprint density at radius 2 is 1.79 bits per heavy atom. The van der Waals surface area contributed by atoms with Crippen molar-refractivity contribution in [2.45, 2.75) is 76.2 Å². The van der Waals surface area contributed by atoms with E-state index in [0.717, 1.165) is 47.7 Å². The number of fused-ring (bicyclic) bond motifs is 3. The maximum Gasteiger partial charge on any atom is 0.145 e. The lowest BCUT2D eigenvalue weighted by Gasteiger charge is -2.52. The number of rotatable bonds is 7. The molecule has 0 N–H and O–H groups in total. The van der Waals surface area contributed by atoms with Crippen LogP contribution < -0.4 is 0 Å². The van der Waals surface area contributed by atoms with Crippen LogP contribution in [0.15, 0.2) is 28.1 Å². The highest BCUT2D eigenvalue weighted by molar-refractivity contribution is 7.09. The number of ether oxygens (including phenoxy) is 1. The van der Waals surface area contributed by atoms with Crippen LogP contribution in [0.3, 0.4) is 0 Å². The fraction of sp³-hybridized carbons (Fsp3) is 0.538. The van der Waals surface area contributed by atoms with Gasteiger partial charge in [0, 0.05) is 33.5 Å². The van der Waals surface area contributed by atoms with Crippen molar-refractivity contribution in [1.82, 2.24) is 10.1 Å². The van der Waals surface area contributed by atoms with Crippen molar-refractivity contribution in [1.29, 1.82) is 0 Å². The molecule has 4 aliphatic rings. The molecule has 3 aromatic rings. The number of aromatic nitrogens is 2. The van der Waals surface area contributed by atoms with E-state index in [1.165, 1.54) is 43.5 Å². The molecule has 4 nitrogen and oxygen atoms in total. The molecule has 2 heterocycles. The smallest absolute Gasteiger partial charge is 0.145 e. The van der Waals surface area contributed by atoms with Crippen LogP contribution in [0.5, 0.6) is 0 Å². The fourth-order valence-corrected chi connectivity index (χ4v) is 7.48. The lowest BCUT2D eigenvalue weighted by atomic mass is 9.54. The molecule has 4 aliphatic carbocycles. The number of hydrogen-bond donors (Lipinski definition) is 0. The van der Waals surface area contributed by atoms with Gasteiger partial charge in [0.2, 0.25) is 0 Å². The summed E-state index contributed by atoms with van der Waals surface area (Å²) in [5.74, 6) is 1.39. The molecule has 1 aromatic carbocycles. The number of nitrogens with zero attached hydrogens (tertiary/aromatic N) is 2. The van der Waals surface area contributed by atoms with Crippen LogP contribution in [0.2, 0.25) is 10.0 Å². The predicted octanol–water partition coefficient (Wildman–Crippen LogP) is 8.10. The van der Waals surface area contributed by atoms with Gasteiger partial charge in [0.1, 0.15) is 11.5 Å². The van der Waals surface area contributed by atoms with Gasteiger partial charge in [-0.2, -0.15) is 0 Å². The summed E-state index contributed by atoms with van der Waals surface area (Å²) in [4.78, 5) is 4.85. The van der Waals surface area contributed by atoms with E-state index in [0.29, 0.717) is 28.0 Å². The van der Waals surface area contributed by atoms with Crippen molar-refractivity contribution in [2.75, 3.05) is 6.61 Å². The van der Waals surface area contributed by atoms with E-state index >= 15 is 0 Å². The first kappa shape index (κ1) is 22.1. The van der Waals surface area contributed by atoms with Crippen LogP contribution in [0.4, 0.5) is 0 Å². The molecule has 0 amide bonds. The summed E-state index contributed by atoms with van der Waals surface area (Å²) in [6.45, 7) is 3.38. The third kappa shape index (κ3) is 3.95. The highest BCUT2D eigenvalue weighted by Crippen LogP contribution is 2.58. The van der Waals surface area contributed by atoms with Gasteiger partial charge >= 0.3 is 0 Å². The van der Waals surface area contributed by atoms with Crippen molar-refractivity contribution in [3.63, 3.8) is 0 Å². The van der Waals surface area contributed by atoms with Gasteiger partial charge in [-0.3, -0.25) is 0 Å². The van der Waals surface area contributed by atoms with E-state index in [-0.39, 0.29) is 5.41 Å². The predicted molar refractivity (Wildman–Crippen MR) is 132 cm³/mol. The van der Waals surface area contributed by atoms with Crippen molar-refractivity contribution < 1.29 is 9.26 Å². The second-order valence-electron chi connectivity index (χ2n) is 10.3. The zero-order chi connectivity index (χ0) is 22.6. The average molecular weight is 503 g/mol. The molecule has 4 saturated carbocycles.